The van der Waals surface area contributed by atoms with Gasteiger partial charge in [-0.2, -0.15) is 0 Å². The normalized spacial score (nSPS) is 10.5. The van der Waals surface area contributed by atoms with Crippen LogP contribution in [0.5, 0.6) is 0 Å². The minimum atomic E-state index is 0.180. The number of thioether (sulfide) groups is 1. The fourth-order valence-corrected chi connectivity index (χ4v) is 2.92. The molecule has 0 aliphatic carbocycles. The zero-order chi connectivity index (χ0) is 13.8. The van der Waals surface area contributed by atoms with Crippen LogP contribution in [-0.2, 0) is 0 Å². The summed E-state index contributed by atoms with van der Waals surface area (Å²) >= 11 is 3.84. The Morgan fingerprint density at radius 1 is 1.05 bits per heavy atom. The van der Waals surface area contributed by atoms with Crippen molar-refractivity contribution < 1.29 is 4.79 Å². The number of halogens is 1. The molecule has 19 heavy (non-hydrogen) atoms. The highest BCUT2D eigenvalue weighted by molar-refractivity contribution is 14.1. The zero-order valence-corrected chi connectivity index (χ0v) is 13.9. The van der Waals surface area contributed by atoms with E-state index < -0.39 is 0 Å². The number of benzene rings is 2. The molecule has 0 atom stereocenters. The van der Waals surface area contributed by atoms with Gasteiger partial charge >= 0.3 is 0 Å². The van der Waals surface area contributed by atoms with Gasteiger partial charge in [0.05, 0.1) is 5.75 Å². The van der Waals surface area contributed by atoms with Crippen LogP contribution < -0.4 is 0 Å². The van der Waals surface area contributed by atoms with Crippen molar-refractivity contribution >= 4 is 40.1 Å². The van der Waals surface area contributed by atoms with Gasteiger partial charge in [-0.3, -0.25) is 4.79 Å². The molecule has 98 valence electrons. The van der Waals surface area contributed by atoms with Crippen molar-refractivity contribution in [3.63, 3.8) is 0 Å². The molecule has 2 rings (SSSR count). The van der Waals surface area contributed by atoms with Gasteiger partial charge in [0.15, 0.2) is 5.78 Å². The molecule has 3 heteroatoms. The first-order chi connectivity index (χ1) is 9.06. The molecule has 2 aromatic carbocycles. The molecule has 0 aromatic heterocycles. The van der Waals surface area contributed by atoms with Crippen LogP contribution in [-0.4, -0.2) is 11.5 Å². The summed E-state index contributed by atoms with van der Waals surface area (Å²) in [5, 5.41) is 0. The van der Waals surface area contributed by atoms with Gasteiger partial charge < -0.3 is 0 Å². The van der Waals surface area contributed by atoms with Gasteiger partial charge in [-0.1, -0.05) is 18.2 Å². The number of ketones is 1. The van der Waals surface area contributed by atoms with Crippen LogP contribution in [0.3, 0.4) is 0 Å². The van der Waals surface area contributed by atoms with Gasteiger partial charge in [0, 0.05) is 14.0 Å². The Morgan fingerprint density at radius 3 is 2.37 bits per heavy atom. The maximum Gasteiger partial charge on any atom is 0.173 e. The predicted molar refractivity (Wildman–Crippen MR) is 90.1 cm³/mol. The molecule has 0 aliphatic heterocycles. The summed E-state index contributed by atoms with van der Waals surface area (Å²) in [4.78, 5) is 13.2. The fourth-order valence-electron chi connectivity index (χ4n) is 1.67. The van der Waals surface area contributed by atoms with E-state index >= 15 is 0 Å². The number of rotatable bonds is 4. The lowest BCUT2D eigenvalue weighted by atomic mass is 10.1. The van der Waals surface area contributed by atoms with Crippen LogP contribution in [0.2, 0.25) is 0 Å². The summed E-state index contributed by atoms with van der Waals surface area (Å²) in [6.45, 7) is 4.20. The van der Waals surface area contributed by atoms with Crippen molar-refractivity contribution in [1.82, 2.24) is 0 Å². The summed E-state index contributed by atoms with van der Waals surface area (Å²) in [5.41, 5.74) is 3.34. The maximum atomic E-state index is 12.1. The summed E-state index contributed by atoms with van der Waals surface area (Å²) < 4.78 is 1.15. The molecule has 0 radical (unpaired) electrons. The summed E-state index contributed by atoms with van der Waals surface area (Å²) in [6.07, 6.45) is 0. The van der Waals surface area contributed by atoms with Gasteiger partial charge in [0.1, 0.15) is 0 Å². The Hall–Kier alpha value is -0.810. The molecule has 0 N–H and O–H groups in total. The second-order valence-corrected chi connectivity index (χ2v) is 6.76. The van der Waals surface area contributed by atoms with Crippen molar-refractivity contribution in [2.45, 2.75) is 18.7 Å². The van der Waals surface area contributed by atoms with Gasteiger partial charge in [0.25, 0.3) is 0 Å². The molecule has 0 saturated heterocycles. The largest absolute Gasteiger partial charge is 0.293 e. The molecular formula is C16H15IOS. The fraction of sp³-hybridized carbons (Fsp3) is 0.188. The molecule has 0 unspecified atom stereocenters. The lowest BCUT2D eigenvalue weighted by molar-refractivity contribution is 0.102. The average Bonchev–Trinajstić information content (AvgIpc) is 2.40. The highest BCUT2D eigenvalue weighted by Gasteiger charge is 2.07. The van der Waals surface area contributed by atoms with Crippen molar-refractivity contribution in [1.29, 1.82) is 0 Å². The Morgan fingerprint density at radius 2 is 1.74 bits per heavy atom. The summed E-state index contributed by atoms with van der Waals surface area (Å²) in [5.74, 6) is 0.669. The van der Waals surface area contributed by atoms with Gasteiger partial charge in [-0.15, -0.1) is 11.8 Å². The predicted octanol–water partition coefficient (Wildman–Crippen LogP) is 4.88. The van der Waals surface area contributed by atoms with Crippen molar-refractivity contribution in [2.75, 3.05) is 5.75 Å². The molecule has 0 saturated carbocycles. The number of Topliss-reactive ketones (excluding diaryl/α,β-unsaturated/α-hetero) is 1. The molecule has 2 aromatic rings. The minimum absolute atomic E-state index is 0.180. The molecule has 1 nitrogen and oxygen atoms in total. The maximum absolute atomic E-state index is 12.1. The van der Waals surface area contributed by atoms with Crippen molar-refractivity contribution in [3.05, 3.63) is 62.7 Å². The Bertz CT molecular complexity index is 590. The van der Waals surface area contributed by atoms with Crippen LogP contribution >= 0.6 is 34.4 Å². The van der Waals surface area contributed by atoms with E-state index in [9.17, 15) is 4.79 Å². The standard InChI is InChI=1S/C16H15IOS/c1-11-3-8-15(9-12(11)2)19-10-16(18)13-4-6-14(17)7-5-13/h3-9H,10H2,1-2H3. The molecule has 0 heterocycles. The van der Waals surface area contributed by atoms with Crippen LogP contribution in [0.4, 0.5) is 0 Å². The van der Waals surface area contributed by atoms with Gasteiger partial charge in [0.2, 0.25) is 0 Å². The number of aryl methyl sites for hydroxylation is 2. The quantitative estimate of drug-likeness (QED) is 0.426. The van der Waals surface area contributed by atoms with Crippen molar-refractivity contribution in [2.24, 2.45) is 0 Å². The topological polar surface area (TPSA) is 17.1 Å². The number of hydrogen-bond donors (Lipinski definition) is 0. The van der Waals surface area contributed by atoms with Crippen LogP contribution in [0.25, 0.3) is 0 Å². The van der Waals surface area contributed by atoms with E-state index in [-0.39, 0.29) is 5.78 Å². The molecular weight excluding hydrogens is 367 g/mol. The third-order valence-electron chi connectivity index (χ3n) is 3.01. The second kappa shape index (κ2) is 6.57. The smallest absolute Gasteiger partial charge is 0.173 e. The molecule has 0 bridgehead atoms. The Balaban J connectivity index is 2.00. The van der Waals surface area contributed by atoms with Crippen molar-refractivity contribution in [3.8, 4) is 0 Å². The van der Waals surface area contributed by atoms with E-state index in [1.807, 2.05) is 24.3 Å². The summed E-state index contributed by atoms with van der Waals surface area (Å²) in [7, 11) is 0. The average molecular weight is 382 g/mol. The van der Waals surface area contributed by atoms with Gasteiger partial charge in [-0.25, -0.2) is 0 Å². The monoisotopic (exact) mass is 382 g/mol. The Labute approximate surface area is 131 Å². The third kappa shape index (κ3) is 4.08. The molecule has 0 amide bonds. The van der Waals surface area contributed by atoms with E-state index in [2.05, 4.69) is 54.6 Å². The SMILES string of the molecule is Cc1ccc(SCC(=O)c2ccc(I)cc2)cc1C. The van der Waals surface area contributed by atoms with E-state index in [0.29, 0.717) is 5.75 Å². The highest BCUT2D eigenvalue weighted by Crippen LogP contribution is 2.22. The lowest BCUT2D eigenvalue weighted by Crippen LogP contribution is -2.02. The number of carbonyl (C=O) groups excluding carboxylic acids is 1. The Kier molecular flexibility index (Phi) is 5.05. The number of carbonyl (C=O) groups is 1. The van der Waals surface area contributed by atoms with Gasteiger partial charge in [-0.05, 0) is 71.8 Å². The zero-order valence-electron chi connectivity index (χ0n) is 10.9. The van der Waals surface area contributed by atoms with Crippen LogP contribution in [0.1, 0.15) is 21.5 Å². The summed E-state index contributed by atoms with van der Waals surface area (Å²) in [6, 6.07) is 14.0. The second-order valence-electron chi connectivity index (χ2n) is 4.46. The molecule has 0 aliphatic rings. The first-order valence-corrected chi connectivity index (χ1v) is 8.11. The number of hydrogen-bond acceptors (Lipinski definition) is 2. The van der Waals surface area contributed by atoms with Crippen LogP contribution in [0.15, 0.2) is 47.4 Å². The molecule has 0 fully saturated rings. The van der Waals surface area contributed by atoms with Crippen LogP contribution in [0, 0.1) is 17.4 Å². The lowest BCUT2D eigenvalue weighted by Gasteiger charge is -2.05. The van der Waals surface area contributed by atoms with E-state index in [1.54, 1.807) is 11.8 Å². The van der Waals surface area contributed by atoms with E-state index in [0.717, 1.165) is 14.0 Å². The molecule has 0 spiro atoms. The van der Waals surface area contributed by atoms with E-state index in [1.165, 1.54) is 11.1 Å². The first kappa shape index (κ1) is 14.6. The third-order valence-corrected chi connectivity index (χ3v) is 4.73. The highest BCUT2D eigenvalue weighted by atomic mass is 127. The minimum Gasteiger partial charge on any atom is -0.293 e. The van der Waals surface area contributed by atoms with E-state index in [4.69, 9.17) is 0 Å². The first-order valence-electron chi connectivity index (χ1n) is 6.05.